The predicted molar refractivity (Wildman–Crippen MR) is 236 cm³/mol. The summed E-state index contributed by atoms with van der Waals surface area (Å²) in [6.45, 7) is 14.7. The third-order valence-corrected chi connectivity index (χ3v) is 10.4. The maximum Gasteiger partial charge on any atom is 0.321 e. The quantitative estimate of drug-likeness (QED) is 0.0513. The molecule has 0 bridgehead atoms. The van der Waals surface area contributed by atoms with E-state index in [-0.39, 0.29) is 29.8 Å². The molecule has 3 rings (SSSR count). The Morgan fingerprint density at radius 1 is 0.639 bits per heavy atom. The van der Waals surface area contributed by atoms with E-state index in [1.54, 1.807) is 13.8 Å². The van der Waals surface area contributed by atoms with Gasteiger partial charge in [0, 0.05) is 101 Å². The number of H-pyrrole nitrogens is 2. The van der Waals surface area contributed by atoms with Gasteiger partial charge in [0.2, 0.25) is 11.9 Å². The average molecular weight is 859 g/mol. The lowest BCUT2D eigenvalue weighted by Gasteiger charge is -2.37. The number of aryl methyl sites for hydroxylation is 2. The number of likely N-dealkylation sites (N-methyl/N-ethyl adjacent to an activating group) is 3. The molecule has 0 aromatic carbocycles. The number of nitrogens with one attached hydrogen (secondary N) is 9. The number of carbonyl (C=O) groups is 4. The van der Waals surface area contributed by atoms with E-state index in [4.69, 9.17) is 0 Å². The lowest BCUT2D eigenvalue weighted by Crippen LogP contribution is -2.53. The molecule has 9 N–H and O–H groups in total. The van der Waals surface area contributed by atoms with Crippen LogP contribution in [0.1, 0.15) is 44.0 Å². The van der Waals surface area contributed by atoms with Crippen molar-refractivity contribution in [3.63, 3.8) is 0 Å². The van der Waals surface area contributed by atoms with Gasteiger partial charge in [-0.15, -0.1) is 0 Å². The summed E-state index contributed by atoms with van der Waals surface area (Å²) in [4.78, 5) is 88.3. The SMILES string of the molecule is Cc1cc(=O)nc(NC(=O)NCCC[N+](C)(C)CCN(CC[N+](C)(C)CCCNC(=O)NC2=CC(=O)CC(C)N2)CC[N+](C)(C)CCCNC(=O)Nc2nc(=O)cc(C)[nH]2)[nH]1. The second-order valence-electron chi connectivity index (χ2n) is 18.0. The van der Waals surface area contributed by atoms with Crippen molar-refractivity contribution in [2.45, 2.75) is 52.5 Å². The Hall–Kier alpha value is -5.38. The van der Waals surface area contributed by atoms with Gasteiger partial charge in [-0.1, -0.05) is 0 Å². The molecule has 6 amide bonds. The number of anilines is 2. The number of quaternary nitrogens is 3. The Kier molecular flexibility index (Phi) is 19.3. The van der Waals surface area contributed by atoms with E-state index in [2.05, 4.69) is 104 Å². The molecule has 21 nitrogen and oxygen atoms in total. The third-order valence-electron chi connectivity index (χ3n) is 10.4. The van der Waals surface area contributed by atoms with Crippen LogP contribution in [0.25, 0.3) is 0 Å². The van der Waals surface area contributed by atoms with Crippen LogP contribution >= 0.6 is 0 Å². The monoisotopic (exact) mass is 859 g/mol. The topological polar surface area (TPSA) is 247 Å². The highest BCUT2D eigenvalue weighted by atomic mass is 16.2. The standard InChI is InChI=1S/C40H69N15O6/c1-29-25-32(56)28-33(44-29)47-38(59)41-13-10-19-53(4,5)22-16-52(17-23-54(6,7)20-11-14-42-39(60)50-36-45-30(2)26-34(57)48-36)18-24-55(8,9)21-12-15-43-40(61)51-37-46-31(3)27-35(58)49-37/h26-29H,10-25H2,1-9H3,(H6-3,41,42,43,44,45,46,47,48,49,50,51,56,57,58,59,60,61)/p+3. The van der Waals surface area contributed by atoms with Gasteiger partial charge in [-0.2, -0.15) is 9.97 Å². The van der Waals surface area contributed by atoms with Gasteiger partial charge in [-0.3, -0.25) is 35.2 Å². The second kappa shape index (κ2) is 23.6. The van der Waals surface area contributed by atoms with Crippen LogP contribution in [0.4, 0.5) is 26.3 Å². The van der Waals surface area contributed by atoms with Gasteiger partial charge in [0.15, 0.2) is 5.78 Å². The van der Waals surface area contributed by atoms with Crippen LogP contribution in [0.5, 0.6) is 0 Å². The molecule has 1 atom stereocenters. The Morgan fingerprint density at radius 2 is 1.02 bits per heavy atom. The Morgan fingerprint density at radius 3 is 1.38 bits per heavy atom. The highest BCUT2D eigenvalue weighted by Crippen LogP contribution is 2.08. The number of allylic oxidation sites excluding steroid dienone is 1. The first kappa shape index (κ1) is 50.0. The molecule has 61 heavy (non-hydrogen) atoms. The van der Waals surface area contributed by atoms with Crippen LogP contribution in [0, 0.1) is 13.8 Å². The Bertz CT molecular complexity index is 1830. The molecule has 1 aliphatic rings. The summed E-state index contributed by atoms with van der Waals surface area (Å²) in [6, 6.07) is 1.49. The van der Waals surface area contributed by atoms with Crippen molar-refractivity contribution in [2.24, 2.45) is 0 Å². The van der Waals surface area contributed by atoms with Crippen molar-refractivity contribution in [3.8, 4) is 0 Å². The fourth-order valence-electron chi connectivity index (χ4n) is 6.73. The largest absolute Gasteiger partial charge is 0.369 e. The van der Waals surface area contributed by atoms with E-state index >= 15 is 0 Å². The van der Waals surface area contributed by atoms with Crippen molar-refractivity contribution in [1.82, 2.24) is 51.4 Å². The fourth-order valence-corrected chi connectivity index (χ4v) is 6.73. The number of hydrogen-bond acceptors (Lipinski definition) is 10. The molecule has 0 saturated heterocycles. The van der Waals surface area contributed by atoms with Crippen LogP contribution < -0.4 is 48.3 Å². The molecule has 2 aromatic rings. The highest BCUT2D eigenvalue weighted by Gasteiger charge is 2.24. The van der Waals surface area contributed by atoms with Crippen molar-refractivity contribution in [3.05, 3.63) is 56.1 Å². The molecule has 0 spiro atoms. The van der Waals surface area contributed by atoms with E-state index in [1.807, 2.05) is 6.92 Å². The zero-order valence-corrected chi connectivity index (χ0v) is 37.8. The highest BCUT2D eigenvalue weighted by molar-refractivity contribution is 5.92. The lowest BCUT2D eigenvalue weighted by molar-refractivity contribution is -0.895. The first-order valence-corrected chi connectivity index (χ1v) is 21.1. The molecular weight excluding hydrogens is 787 g/mol. The zero-order chi connectivity index (χ0) is 45.2. The Balaban J connectivity index is 1.48. The number of ketones is 1. The molecule has 0 radical (unpaired) electrons. The number of aromatic amines is 2. The second-order valence-corrected chi connectivity index (χ2v) is 18.0. The lowest BCUT2D eigenvalue weighted by atomic mass is 10.1. The maximum atomic E-state index is 12.5. The summed E-state index contributed by atoms with van der Waals surface area (Å²) >= 11 is 0. The Labute approximate surface area is 359 Å². The summed E-state index contributed by atoms with van der Waals surface area (Å²) < 4.78 is 2.29. The van der Waals surface area contributed by atoms with Gasteiger partial charge in [-0.25, -0.2) is 14.4 Å². The number of rotatable bonds is 24. The van der Waals surface area contributed by atoms with Crippen molar-refractivity contribution >= 4 is 35.8 Å². The van der Waals surface area contributed by atoms with Crippen LogP contribution in [-0.2, 0) is 4.79 Å². The number of urea groups is 3. The number of hydrogen-bond donors (Lipinski definition) is 9. The smallest absolute Gasteiger partial charge is 0.321 e. The molecule has 340 valence electrons. The molecule has 0 saturated carbocycles. The van der Waals surface area contributed by atoms with E-state index in [0.717, 1.165) is 91.6 Å². The summed E-state index contributed by atoms with van der Waals surface area (Å²) in [5, 5.41) is 19.6. The molecular formula is C40H72N15O6+3. The molecule has 1 aliphatic heterocycles. The van der Waals surface area contributed by atoms with E-state index in [0.29, 0.717) is 43.3 Å². The van der Waals surface area contributed by atoms with Crippen LogP contribution in [-0.4, -0.2) is 189 Å². The van der Waals surface area contributed by atoms with Crippen molar-refractivity contribution < 1.29 is 32.6 Å². The summed E-state index contributed by atoms with van der Waals surface area (Å²) in [6.07, 6.45) is 4.14. The fraction of sp³-hybridized carbons (Fsp3) is 0.650. The number of aromatic nitrogens is 4. The minimum Gasteiger partial charge on any atom is -0.369 e. The van der Waals surface area contributed by atoms with Crippen molar-refractivity contribution in [2.75, 3.05) is 131 Å². The van der Waals surface area contributed by atoms with Gasteiger partial charge in [-0.05, 0) is 20.8 Å². The van der Waals surface area contributed by atoms with Crippen molar-refractivity contribution in [1.29, 1.82) is 0 Å². The van der Waals surface area contributed by atoms with Gasteiger partial charge in [0.05, 0.1) is 81.6 Å². The van der Waals surface area contributed by atoms with Crippen LogP contribution in [0.15, 0.2) is 33.6 Å². The van der Waals surface area contributed by atoms with E-state index in [1.165, 1.54) is 18.2 Å². The zero-order valence-electron chi connectivity index (χ0n) is 37.8. The number of carbonyl (C=O) groups excluding carboxylic acids is 4. The molecule has 21 heteroatoms. The summed E-state index contributed by atoms with van der Waals surface area (Å²) in [5.74, 6) is 0.624. The first-order chi connectivity index (χ1) is 28.6. The predicted octanol–water partition coefficient (Wildman–Crippen LogP) is 0.206. The molecule has 2 aromatic heterocycles. The van der Waals surface area contributed by atoms with Crippen LogP contribution in [0.3, 0.4) is 0 Å². The van der Waals surface area contributed by atoms with Gasteiger partial charge in [0.25, 0.3) is 11.1 Å². The van der Waals surface area contributed by atoms with Crippen LogP contribution in [0.2, 0.25) is 0 Å². The average Bonchev–Trinajstić information content (AvgIpc) is 3.12. The number of nitrogens with zero attached hydrogens (tertiary/aromatic N) is 6. The molecule has 0 aliphatic carbocycles. The minimum atomic E-state index is -0.427. The number of amides is 6. The van der Waals surface area contributed by atoms with E-state index in [9.17, 15) is 28.8 Å². The maximum absolute atomic E-state index is 12.5. The summed E-state index contributed by atoms with van der Waals surface area (Å²) in [5.41, 5.74) is 0.367. The van der Waals surface area contributed by atoms with E-state index < -0.39 is 23.2 Å². The molecule has 0 fully saturated rings. The first-order valence-electron chi connectivity index (χ1n) is 21.1. The molecule has 3 heterocycles. The van der Waals surface area contributed by atoms with Gasteiger partial charge >= 0.3 is 18.1 Å². The van der Waals surface area contributed by atoms with Gasteiger partial charge < -0.3 is 44.7 Å². The summed E-state index contributed by atoms with van der Waals surface area (Å²) in [7, 11) is 13.2. The normalized spacial score (nSPS) is 14.5. The van der Waals surface area contributed by atoms with Gasteiger partial charge in [0.1, 0.15) is 5.82 Å². The molecule has 1 unspecified atom stereocenters. The minimum absolute atomic E-state index is 0.0148. The third kappa shape index (κ3) is 21.1.